The second kappa shape index (κ2) is 4.60. The molecule has 1 unspecified atom stereocenters. The zero-order valence-corrected chi connectivity index (χ0v) is 11.4. The maximum Gasteiger partial charge on any atom is 0.358 e. The Balaban J connectivity index is 3.12. The fraction of sp³-hybridized carbons (Fsp3) is 0.636. The van der Waals surface area contributed by atoms with Gasteiger partial charge >= 0.3 is 5.97 Å². The summed E-state index contributed by atoms with van der Waals surface area (Å²) in [6, 6.07) is 0. The van der Waals surface area contributed by atoms with Gasteiger partial charge in [0.1, 0.15) is 5.76 Å². The lowest BCUT2D eigenvalue weighted by molar-refractivity contribution is -0.161. The van der Waals surface area contributed by atoms with E-state index < -0.39 is 11.4 Å². The molecule has 0 saturated carbocycles. The molecule has 6 heteroatoms. The van der Waals surface area contributed by atoms with Crippen LogP contribution in [0.3, 0.4) is 0 Å². The van der Waals surface area contributed by atoms with E-state index in [4.69, 9.17) is 0 Å². The smallest absolute Gasteiger partial charge is 0.358 e. The van der Waals surface area contributed by atoms with E-state index in [1.54, 1.807) is 0 Å². The number of hydrogen-bond acceptors (Lipinski definition) is 5. The lowest BCUT2D eigenvalue weighted by Gasteiger charge is -2.51. The van der Waals surface area contributed by atoms with E-state index in [0.717, 1.165) is 0 Å². The normalized spacial score (nSPS) is 23.9. The highest BCUT2D eigenvalue weighted by Crippen LogP contribution is 2.46. The number of likely N-dealkylation sites (tertiary alicyclic amines) is 1. The number of aliphatic hydroxyl groups excluding tert-OH is 1. The van der Waals surface area contributed by atoms with Gasteiger partial charge in [0.15, 0.2) is 5.70 Å². The Morgan fingerprint density at radius 3 is 2.41 bits per heavy atom. The van der Waals surface area contributed by atoms with Crippen LogP contribution in [0, 0.1) is 5.41 Å². The summed E-state index contributed by atoms with van der Waals surface area (Å²) in [7, 11) is 1.22. The van der Waals surface area contributed by atoms with Crippen LogP contribution in [0.2, 0.25) is 0 Å². The molecular weight excluding hydrogens is 242 g/mol. The molecule has 1 aliphatic rings. The van der Waals surface area contributed by atoms with Crippen molar-refractivity contribution in [1.29, 1.82) is 0 Å². The minimum absolute atomic E-state index is 0.0730. The van der Waals surface area contributed by atoms with Crippen molar-refractivity contribution in [3.05, 3.63) is 11.5 Å². The molecule has 1 N–H and O–H groups in total. The molecule has 0 aromatic heterocycles. The van der Waals surface area contributed by atoms with E-state index in [0.29, 0.717) is 0 Å². The van der Waals surface area contributed by atoms with Crippen molar-refractivity contribution in [2.45, 2.75) is 26.1 Å². The number of carbonyl (C=O) groups is 2. The Morgan fingerprint density at radius 1 is 1.53 bits per heavy atom. The summed E-state index contributed by atoms with van der Waals surface area (Å²) in [5.41, 5.74) is -0.607. The number of thioether (sulfide) groups is 1. The molecule has 1 saturated heterocycles. The summed E-state index contributed by atoms with van der Waals surface area (Å²) in [6.07, 6.45) is 1.85. The van der Waals surface area contributed by atoms with Crippen molar-refractivity contribution in [1.82, 2.24) is 4.90 Å². The molecular formula is C11H17NO4S. The van der Waals surface area contributed by atoms with Crippen LogP contribution in [0.25, 0.3) is 0 Å². The molecule has 96 valence electrons. The predicted molar refractivity (Wildman–Crippen MR) is 65.3 cm³/mol. The van der Waals surface area contributed by atoms with Crippen LogP contribution in [-0.2, 0) is 14.3 Å². The van der Waals surface area contributed by atoms with Gasteiger partial charge in [0.2, 0.25) is 5.91 Å². The van der Waals surface area contributed by atoms with Crippen molar-refractivity contribution < 1.29 is 19.4 Å². The average molecular weight is 259 g/mol. The number of hydrogen-bond donors (Lipinski definition) is 1. The summed E-state index contributed by atoms with van der Waals surface area (Å²) in [5.74, 6) is -1.10. The van der Waals surface area contributed by atoms with E-state index in [9.17, 15) is 14.7 Å². The molecule has 5 nitrogen and oxygen atoms in total. The van der Waals surface area contributed by atoms with E-state index in [-0.39, 0.29) is 22.7 Å². The van der Waals surface area contributed by atoms with Gasteiger partial charge in [-0.1, -0.05) is 0 Å². The van der Waals surface area contributed by atoms with Crippen LogP contribution in [0.5, 0.6) is 0 Å². The van der Waals surface area contributed by atoms with Crippen molar-refractivity contribution in [2.24, 2.45) is 5.41 Å². The maximum atomic E-state index is 12.0. The molecule has 0 radical (unpaired) electrons. The number of methoxy groups -OCH3 is 1. The number of carbonyl (C=O) groups excluding carboxylic acids is 2. The quantitative estimate of drug-likeness (QED) is 0.360. The van der Waals surface area contributed by atoms with Gasteiger partial charge in [-0.2, -0.15) is 0 Å². The minimum Gasteiger partial charge on any atom is -0.510 e. The highest BCUT2D eigenvalue weighted by Gasteiger charge is 2.56. The van der Waals surface area contributed by atoms with Crippen LogP contribution < -0.4 is 0 Å². The third kappa shape index (κ3) is 2.01. The maximum absolute atomic E-state index is 12.0. The summed E-state index contributed by atoms with van der Waals surface area (Å²) < 4.78 is 4.58. The van der Waals surface area contributed by atoms with Crippen LogP contribution in [0.15, 0.2) is 11.5 Å². The topological polar surface area (TPSA) is 66.8 Å². The highest BCUT2D eigenvalue weighted by molar-refractivity contribution is 7.99. The molecule has 1 amide bonds. The Bertz CT molecular complexity index is 385. The second-order valence-electron chi connectivity index (χ2n) is 4.41. The fourth-order valence-corrected chi connectivity index (χ4v) is 3.02. The molecule has 1 rings (SSSR count). The van der Waals surface area contributed by atoms with Gasteiger partial charge in [-0.25, -0.2) is 4.79 Å². The first-order valence-corrected chi connectivity index (χ1v) is 6.42. The summed E-state index contributed by atoms with van der Waals surface area (Å²) in [4.78, 5) is 24.8. The van der Waals surface area contributed by atoms with Crippen LogP contribution in [0.4, 0.5) is 0 Å². The van der Waals surface area contributed by atoms with Crippen molar-refractivity contribution in [3.8, 4) is 0 Å². The number of esters is 1. The summed E-state index contributed by atoms with van der Waals surface area (Å²) >= 11 is 1.46. The molecule has 1 heterocycles. The van der Waals surface area contributed by atoms with E-state index in [1.165, 1.54) is 30.7 Å². The Hall–Kier alpha value is -1.17. The lowest BCUT2D eigenvalue weighted by atomic mass is 9.82. The molecule has 1 aliphatic heterocycles. The van der Waals surface area contributed by atoms with Gasteiger partial charge in [0.05, 0.1) is 17.9 Å². The number of ether oxygens (including phenoxy) is 1. The van der Waals surface area contributed by atoms with Gasteiger partial charge in [0.25, 0.3) is 0 Å². The molecule has 1 fully saturated rings. The molecule has 0 spiro atoms. The SMILES string of the molecule is COC(=O)/C(=C(/C)O)N1C(=O)C(C)(C)C1SC. The number of nitrogens with zero attached hydrogens (tertiary/aromatic N) is 1. The van der Waals surface area contributed by atoms with Gasteiger partial charge in [-0.05, 0) is 27.0 Å². The average Bonchev–Trinajstić information content (AvgIpc) is 2.26. The zero-order chi connectivity index (χ0) is 13.4. The van der Waals surface area contributed by atoms with Gasteiger partial charge < -0.3 is 9.84 Å². The van der Waals surface area contributed by atoms with Crippen LogP contribution >= 0.6 is 11.8 Å². The first kappa shape index (κ1) is 13.9. The van der Waals surface area contributed by atoms with Crippen LogP contribution in [-0.4, -0.2) is 40.6 Å². The number of aliphatic hydroxyl groups is 1. The third-order valence-corrected chi connectivity index (χ3v) is 4.05. The predicted octanol–water partition coefficient (Wildman–Crippen LogP) is 1.51. The largest absolute Gasteiger partial charge is 0.510 e. The number of β-lactam (4-membered cyclic amide) rings is 1. The minimum atomic E-state index is -0.701. The molecule has 0 aromatic carbocycles. The van der Waals surface area contributed by atoms with Gasteiger partial charge in [0, 0.05) is 0 Å². The Labute approximate surface area is 105 Å². The first-order chi connectivity index (χ1) is 7.78. The zero-order valence-electron chi connectivity index (χ0n) is 10.6. The summed E-state index contributed by atoms with van der Waals surface area (Å²) in [5, 5.41) is 9.35. The molecule has 1 atom stereocenters. The third-order valence-electron chi connectivity index (χ3n) is 2.81. The molecule has 17 heavy (non-hydrogen) atoms. The van der Waals surface area contributed by atoms with Gasteiger partial charge in [-0.15, -0.1) is 11.8 Å². The van der Waals surface area contributed by atoms with Gasteiger partial charge in [-0.3, -0.25) is 9.69 Å². The fourth-order valence-electron chi connectivity index (χ4n) is 1.92. The number of allylic oxidation sites excluding steroid dienone is 1. The molecule has 0 bridgehead atoms. The molecule has 0 aliphatic carbocycles. The monoisotopic (exact) mass is 259 g/mol. The second-order valence-corrected chi connectivity index (χ2v) is 5.33. The number of rotatable bonds is 3. The van der Waals surface area contributed by atoms with E-state index in [1.807, 2.05) is 20.1 Å². The molecule has 0 aromatic rings. The standard InChI is InChI=1S/C11H17NO4S/c1-6(13)7(8(14)16-4)12-9(15)11(2,3)10(12)17-5/h10,13H,1-5H3/b7-6+. The van der Waals surface area contributed by atoms with Crippen molar-refractivity contribution in [2.75, 3.05) is 13.4 Å². The highest BCUT2D eigenvalue weighted by atomic mass is 32.2. The number of amides is 1. The Morgan fingerprint density at radius 2 is 2.06 bits per heavy atom. The first-order valence-electron chi connectivity index (χ1n) is 5.13. The van der Waals surface area contributed by atoms with E-state index >= 15 is 0 Å². The van der Waals surface area contributed by atoms with Crippen molar-refractivity contribution >= 4 is 23.6 Å². The summed E-state index contributed by atoms with van der Waals surface area (Å²) in [6.45, 7) is 4.99. The van der Waals surface area contributed by atoms with E-state index in [2.05, 4.69) is 4.74 Å². The lowest BCUT2D eigenvalue weighted by Crippen LogP contribution is -2.65. The Kier molecular flexibility index (Phi) is 3.76. The van der Waals surface area contributed by atoms with Crippen LogP contribution in [0.1, 0.15) is 20.8 Å². The van der Waals surface area contributed by atoms with Crippen molar-refractivity contribution in [3.63, 3.8) is 0 Å².